The Bertz CT molecular complexity index is 944. The van der Waals surface area contributed by atoms with Gasteiger partial charge in [-0.1, -0.05) is 11.6 Å². The molecule has 128 valence electrons. The van der Waals surface area contributed by atoms with Crippen molar-refractivity contribution in [2.24, 2.45) is 0 Å². The van der Waals surface area contributed by atoms with Crippen LogP contribution >= 0.6 is 11.6 Å². The summed E-state index contributed by atoms with van der Waals surface area (Å²) < 4.78 is 10.4. The van der Waals surface area contributed by atoms with Crippen LogP contribution in [0.1, 0.15) is 17.4 Å². The van der Waals surface area contributed by atoms with E-state index in [4.69, 9.17) is 21.1 Å². The molecule has 25 heavy (non-hydrogen) atoms. The van der Waals surface area contributed by atoms with Crippen LogP contribution in [0.25, 0.3) is 10.9 Å². The van der Waals surface area contributed by atoms with E-state index in [0.29, 0.717) is 5.75 Å². The van der Waals surface area contributed by atoms with E-state index in [0.717, 1.165) is 0 Å². The maximum absolute atomic E-state index is 11.8. The Morgan fingerprint density at radius 3 is 2.52 bits per heavy atom. The second kappa shape index (κ2) is 6.82. The van der Waals surface area contributed by atoms with E-state index in [1.807, 2.05) is 0 Å². The van der Waals surface area contributed by atoms with Gasteiger partial charge in [0, 0.05) is 11.5 Å². The molecule has 1 aromatic carbocycles. The number of hydrogen-bond donors (Lipinski definition) is 2. The van der Waals surface area contributed by atoms with Crippen LogP contribution < -0.4 is 4.74 Å². The molecule has 0 radical (unpaired) electrons. The SMILES string of the molecule is CCOC(=O)c1nc(Cl)c2nc(Oc3ccc(O)cc3)ccc2c1O. The van der Waals surface area contributed by atoms with Crippen LogP contribution in [0, 0.1) is 0 Å². The molecule has 0 spiro atoms. The Hall–Kier alpha value is -3.06. The highest BCUT2D eigenvalue weighted by Crippen LogP contribution is 2.33. The average Bonchev–Trinajstić information content (AvgIpc) is 2.60. The average molecular weight is 361 g/mol. The predicted octanol–water partition coefficient (Wildman–Crippen LogP) is 3.66. The monoisotopic (exact) mass is 360 g/mol. The number of esters is 1. The first kappa shape index (κ1) is 16.8. The molecule has 0 aliphatic rings. The van der Waals surface area contributed by atoms with Gasteiger partial charge in [-0.05, 0) is 37.3 Å². The standard InChI is InChI=1S/C17H13ClN2O5/c1-2-24-17(23)14-15(22)11-7-8-12(19-13(11)16(18)20-14)25-10-5-3-9(21)4-6-10/h3-8,21-22H,2H2,1H3. The number of ether oxygens (including phenoxy) is 2. The highest BCUT2D eigenvalue weighted by Gasteiger charge is 2.20. The maximum atomic E-state index is 11.8. The van der Waals surface area contributed by atoms with Crippen molar-refractivity contribution in [1.82, 2.24) is 9.97 Å². The zero-order chi connectivity index (χ0) is 18.0. The molecular formula is C17H13ClN2O5. The van der Waals surface area contributed by atoms with Gasteiger partial charge in [-0.25, -0.2) is 14.8 Å². The third-order valence-electron chi connectivity index (χ3n) is 3.28. The summed E-state index contributed by atoms with van der Waals surface area (Å²) in [6.45, 7) is 1.79. The molecule has 0 aliphatic carbocycles. The van der Waals surface area contributed by atoms with Gasteiger partial charge >= 0.3 is 5.97 Å². The highest BCUT2D eigenvalue weighted by molar-refractivity contribution is 6.34. The highest BCUT2D eigenvalue weighted by atomic mass is 35.5. The van der Waals surface area contributed by atoms with Crippen LogP contribution in [0.5, 0.6) is 23.1 Å². The van der Waals surface area contributed by atoms with Crippen LogP contribution in [-0.2, 0) is 4.74 Å². The van der Waals surface area contributed by atoms with E-state index in [1.54, 1.807) is 19.1 Å². The Morgan fingerprint density at radius 2 is 1.84 bits per heavy atom. The van der Waals surface area contributed by atoms with Crippen molar-refractivity contribution in [2.75, 3.05) is 6.61 Å². The van der Waals surface area contributed by atoms with Crippen LogP contribution in [-0.4, -0.2) is 32.8 Å². The quantitative estimate of drug-likeness (QED) is 0.540. The summed E-state index contributed by atoms with van der Waals surface area (Å²) in [4.78, 5) is 19.9. The van der Waals surface area contributed by atoms with E-state index in [1.165, 1.54) is 24.3 Å². The number of pyridine rings is 2. The summed E-state index contributed by atoms with van der Waals surface area (Å²) in [5.74, 6) is -0.344. The molecule has 2 N–H and O–H groups in total. The zero-order valence-corrected chi connectivity index (χ0v) is 13.8. The number of carbonyl (C=O) groups is 1. The number of benzene rings is 1. The Kier molecular flexibility index (Phi) is 4.58. The second-order valence-electron chi connectivity index (χ2n) is 4.96. The Morgan fingerprint density at radius 1 is 1.12 bits per heavy atom. The minimum absolute atomic E-state index is 0.0630. The first-order valence-corrected chi connectivity index (χ1v) is 7.70. The van der Waals surface area contributed by atoms with Gasteiger partial charge in [0.05, 0.1) is 6.61 Å². The van der Waals surface area contributed by atoms with Gasteiger partial charge in [0.1, 0.15) is 17.0 Å². The van der Waals surface area contributed by atoms with Crippen molar-refractivity contribution in [3.8, 4) is 23.1 Å². The normalized spacial score (nSPS) is 10.6. The molecule has 2 aromatic heterocycles. The number of fused-ring (bicyclic) bond motifs is 1. The van der Waals surface area contributed by atoms with Crippen molar-refractivity contribution in [3.05, 3.63) is 47.2 Å². The summed E-state index contributed by atoms with van der Waals surface area (Å²) in [5, 5.41) is 19.7. The molecule has 3 aromatic rings. The molecule has 0 atom stereocenters. The largest absolute Gasteiger partial charge is 0.508 e. The number of aromatic nitrogens is 2. The number of aromatic hydroxyl groups is 2. The summed E-state index contributed by atoms with van der Waals surface area (Å²) in [6, 6.07) is 9.12. The van der Waals surface area contributed by atoms with Crippen molar-refractivity contribution < 1.29 is 24.5 Å². The molecule has 2 heterocycles. The fourth-order valence-corrected chi connectivity index (χ4v) is 2.38. The third kappa shape index (κ3) is 3.41. The smallest absolute Gasteiger partial charge is 0.360 e. The van der Waals surface area contributed by atoms with Crippen LogP contribution in [0.4, 0.5) is 0 Å². The summed E-state index contributed by atoms with van der Waals surface area (Å²) in [5.41, 5.74) is -0.0863. The van der Waals surface area contributed by atoms with Gasteiger partial charge in [0.2, 0.25) is 5.88 Å². The zero-order valence-electron chi connectivity index (χ0n) is 13.1. The van der Waals surface area contributed by atoms with Gasteiger partial charge in [0.15, 0.2) is 16.6 Å². The van der Waals surface area contributed by atoms with Crippen LogP contribution in [0.3, 0.4) is 0 Å². The fourth-order valence-electron chi connectivity index (χ4n) is 2.15. The molecule has 0 unspecified atom stereocenters. The Balaban J connectivity index is 2.00. The van der Waals surface area contributed by atoms with Gasteiger partial charge < -0.3 is 19.7 Å². The number of rotatable bonds is 4. The van der Waals surface area contributed by atoms with Crippen LogP contribution in [0.15, 0.2) is 36.4 Å². The van der Waals surface area contributed by atoms with E-state index >= 15 is 0 Å². The molecule has 0 amide bonds. The van der Waals surface area contributed by atoms with Gasteiger partial charge in [-0.15, -0.1) is 0 Å². The van der Waals surface area contributed by atoms with E-state index < -0.39 is 5.97 Å². The number of hydrogen-bond acceptors (Lipinski definition) is 7. The maximum Gasteiger partial charge on any atom is 0.360 e. The lowest BCUT2D eigenvalue weighted by Crippen LogP contribution is -2.08. The number of phenolic OH excluding ortho intramolecular Hbond substituents is 1. The fraction of sp³-hybridized carbons (Fsp3) is 0.118. The third-order valence-corrected chi connectivity index (χ3v) is 3.55. The van der Waals surface area contributed by atoms with E-state index in [-0.39, 0.29) is 45.7 Å². The molecule has 0 bridgehead atoms. The predicted molar refractivity (Wildman–Crippen MR) is 90.4 cm³/mol. The summed E-state index contributed by atoms with van der Waals surface area (Å²) in [7, 11) is 0. The number of carbonyl (C=O) groups excluding carboxylic acids is 1. The second-order valence-corrected chi connectivity index (χ2v) is 5.32. The van der Waals surface area contributed by atoms with Crippen molar-refractivity contribution >= 4 is 28.5 Å². The van der Waals surface area contributed by atoms with Gasteiger partial charge in [0.25, 0.3) is 0 Å². The van der Waals surface area contributed by atoms with E-state index in [9.17, 15) is 15.0 Å². The number of nitrogens with zero attached hydrogens (tertiary/aromatic N) is 2. The Labute approximate surface area is 147 Å². The molecule has 0 saturated heterocycles. The van der Waals surface area contributed by atoms with Gasteiger partial charge in [-0.3, -0.25) is 0 Å². The first-order chi connectivity index (χ1) is 12.0. The van der Waals surface area contributed by atoms with Crippen LogP contribution in [0.2, 0.25) is 5.15 Å². The molecule has 3 rings (SSSR count). The molecule has 0 aliphatic heterocycles. The molecule has 7 nitrogen and oxygen atoms in total. The minimum Gasteiger partial charge on any atom is -0.508 e. The van der Waals surface area contributed by atoms with Crippen molar-refractivity contribution in [2.45, 2.75) is 6.92 Å². The number of phenols is 1. The molecule has 8 heteroatoms. The molecular weight excluding hydrogens is 348 g/mol. The first-order valence-electron chi connectivity index (χ1n) is 7.32. The lowest BCUT2D eigenvalue weighted by atomic mass is 10.2. The summed E-state index contributed by atoms with van der Waals surface area (Å²) in [6.07, 6.45) is 0. The molecule has 0 fully saturated rings. The number of halogens is 1. The van der Waals surface area contributed by atoms with Crippen molar-refractivity contribution in [1.29, 1.82) is 0 Å². The lowest BCUT2D eigenvalue weighted by molar-refractivity contribution is 0.0516. The van der Waals surface area contributed by atoms with E-state index in [2.05, 4.69) is 9.97 Å². The van der Waals surface area contributed by atoms with Gasteiger partial charge in [-0.2, -0.15) is 0 Å². The summed E-state index contributed by atoms with van der Waals surface area (Å²) >= 11 is 6.09. The van der Waals surface area contributed by atoms with Crippen molar-refractivity contribution in [3.63, 3.8) is 0 Å². The minimum atomic E-state index is -0.770. The lowest BCUT2D eigenvalue weighted by Gasteiger charge is -2.10. The topological polar surface area (TPSA) is 102 Å². The molecule has 0 saturated carbocycles.